The first-order chi connectivity index (χ1) is 4.50. The number of hydrogen-bond donors (Lipinski definition) is 0. The monoisotopic (exact) mass is 204 g/mol. The first-order valence-electron chi connectivity index (χ1n) is 4.50. The zero-order chi connectivity index (χ0) is 9.50. The fraction of sp³-hybridized carbons (Fsp3) is 1.00. The van der Waals surface area contributed by atoms with Gasteiger partial charge in [0.1, 0.15) is 0 Å². The Labute approximate surface area is 88.1 Å². The Hall–Kier alpha value is 0.217. The molecule has 0 radical (unpaired) electrons. The Kier molecular flexibility index (Phi) is 6.73. The average Bonchev–Trinajstić information content (AvgIpc) is 1.58. The van der Waals surface area contributed by atoms with Gasteiger partial charge in [0.25, 0.3) is 0 Å². The maximum Gasteiger partial charge on any atom is 0.0505 e. The van der Waals surface area contributed by atoms with Gasteiger partial charge < -0.3 is 0 Å². The molecule has 0 aromatic heterocycles. The molecule has 0 aliphatic rings. The molecule has 0 aromatic rings. The largest absolute Gasteiger partial charge is 0.0776 e. The van der Waals surface area contributed by atoms with Gasteiger partial charge in [0.05, 0.1) is 8.07 Å². The van der Waals surface area contributed by atoms with Crippen molar-refractivity contribution in [2.24, 2.45) is 5.41 Å². The molecule has 0 unspecified atom stereocenters. The van der Waals surface area contributed by atoms with Gasteiger partial charge in [0.15, 0.2) is 0 Å². The first kappa shape index (κ1) is 18.9. The Bertz CT molecular complexity index is 116. The van der Waals surface area contributed by atoms with E-state index in [0.29, 0.717) is 10.5 Å². The maximum absolute atomic E-state index is 2.46. The van der Waals surface area contributed by atoms with Crippen molar-refractivity contribution < 1.29 is 0 Å². The molecule has 84 valence electrons. The predicted molar refractivity (Wildman–Crippen MR) is 70.3 cm³/mol. The molecule has 13 heavy (non-hydrogen) atoms. The highest BCUT2D eigenvalue weighted by Crippen LogP contribution is 2.51. The van der Waals surface area contributed by atoms with Crippen LogP contribution in [0.3, 0.4) is 0 Å². The van der Waals surface area contributed by atoms with Crippen LogP contribution in [0.15, 0.2) is 0 Å². The summed E-state index contributed by atoms with van der Waals surface area (Å²) in [6.45, 7) is 19.3. The van der Waals surface area contributed by atoms with Crippen LogP contribution in [0.4, 0.5) is 0 Å². The van der Waals surface area contributed by atoms with Crippen LogP contribution in [0.2, 0.25) is 24.7 Å². The summed E-state index contributed by atoms with van der Waals surface area (Å²) in [6, 6.07) is 0. The minimum atomic E-state index is -1.02. The average molecular weight is 204 g/mol. The fourth-order valence-electron chi connectivity index (χ4n) is 1.12. The molecule has 0 spiro atoms. The van der Waals surface area contributed by atoms with Crippen molar-refractivity contribution in [1.29, 1.82) is 0 Å². The molecule has 0 saturated carbocycles. The van der Waals surface area contributed by atoms with Crippen LogP contribution in [-0.2, 0) is 0 Å². The van der Waals surface area contributed by atoms with E-state index in [1.807, 2.05) is 0 Å². The van der Waals surface area contributed by atoms with Crippen molar-refractivity contribution in [2.45, 2.75) is 74.2 Å². The highest BCUT2D eigenvalue weighted by molar-refractivity contribution is 6.79. The van der Waals surface area contributed by atoms with Crippen molar-refractivity contribution in [3.8, 4) is 0 Å². The van der Waals surface area contributed by atoms with Crippen LogP contribution in [-0.4, -0.2) is 8.07 Å². The van der Waals surface area contributed by atoms with Crippen LogP contribution in [0.5, 0.6) is 0 Å². The second kappa shape index (κ2) is 4.63. The van der Waals surface area contributed by atoms with Crippen LogP contribution in [0.1, 0.15) is 49.5 Å². The lowest BCUT2D eigenvalue weighted by Crippen LogP contribution is -2.43. The van der Waals surface area contributed by atoms with Gasteiger partial charge >= 0.3 is 0 Å². The summed E-state index contributed by atoms with van der Waals surface area (Å²) >= 11 is 0. The lowest BCUT2D eigenvalue weighted by Gasteiger charge is -2.48. The van der Waals surface area contributed by atoms with E-state index >= 15 is 0 Å². The van der Waals surface area contributed by atoms with Crippen molar-refractivity contribution in [3.05, 3.63) is 0 Å². The summed E-state index contributed by atoms with van der Waals surface area (Å²) in [5, 5.41) is 0.514. The molecular formula is C12H32Si. The summed E-state index contributed by atoms with van der Waals surface area (Å²) in [5.74, 6) is 0. The van der Waals surface area contributed by atoms with Crippen molar-refractivity contribution >= 4 is 8.07 Å². The quantitative estimate of drug-likeness (QED) is 0.500. The molecule has 0 nitrogen and oxygen atoms in total. The Morgan fingerprint density at radius 1 is 0.692 bits per heavy atom. The summed E-state index contributed by atoms with van der Waals surface area (Å²) < 4.78 is 0. The van der Waals surface area contributed by atoms with Crippen molar-refractivity contribution in [2.75, 3.05) is 0 Å². The standard InChI is InChI=1S/C10H24Si.2CH4/c1-9(2,3)10(4,5)11(6,7)8;;/h1-8H3;2*1H4. The van der Waals surface area contributed by atoms with Gasteiger partial charge in [0.2, 0.25) is 0 Å². The molecule has 0 amide bonds. The highest BCUT2D eigenvalue weighted by Gasteiger charge is 2.43. The Morgan fingerprint density at radius 3 is 0.923 bits per heavy atom. The second-order valence-corrected chi connectivity index (χ2v) is 11.9. The normalized spacial score (nSPS) is 12.9. The van der Waals surface area contributed by atoms with E-state index in [-0.39, 0.29) is 14.9 Å². The topological polar surface area (TPSA) is 0 Å². The van der Waals surface area contributed by atoms with E-state index in [4.69, 9.17) is 0 Å². The summed E-state index contributed by atoms with van der Waals surface area (Å²) in [5.41, 5.74) is 0.442. The van der Waals surface area contributed by atoms with Gasteiger partial charge in [-0.2, -0.15) is 0 Å². The minimum Gasteiger partial charge on any atom is -0.0776 e. The summed E-state index contributed by atoms with van der Waals surface area (Å²) in [4.78, 5) is 0. The summed E-state index contributed by atoms with van der Waals surface area (Å²) in [7, 11) is -1.02. The number of hydrogen-bond acceptors (Lipinski definition) is 0. The van der Waals surface area contributed by atoms with Gasteiger partial charge in [0, 0.05) is 0 Å². The first-order valence-corrected chi connectivity index (χ1v) is 8.00. The molecule has 0 rings (SSSR count). The lowest BCUT2D eigenvalue weighted by atomic mass is 9.82. The van der Waals surface area contributed by atoms with E-state index in [1.165, 1.54) is 0 Å². The molecule has 0 N–H and O–H groups in total. The third-order valence-electron chi connectivity index (χ3n) is 3.75. The van der Waals surface area contributed by atoms with Crippen LogP contribution in [0, 0.1) is 5.41 Å². The molecule has 0 aliphatic heterocycles. The molecule has 0 atom stereocenters. The molecule has 1 heteroatoms. The molecule has 0 bridgehead atoms. The van der Waals surface area contributed by atoms with E-state index in [2.05, 4.69) is 54.3 Å². The van der Waals surface area contributed by atoms with Crippen molar-refractivity contribution in [1.82, 2.24) is 0 Å². The molecule has 0 saturated heterocycles. The maximum atomic E-state index is 2.46. The molecule has 0 aliphatic carbocycles. The van der Waals surface area contributed by atoms with Crippen molar-refractivity contribution in [3.63, 3.8) is 0 Å². The lowest BCUT2D eigenvalue weighted by molar-refractivity contribution is 0.289. The third-order valence-corrected chi connectivity index (χ3v) is 8.25. The van der Waals surface area contributed by atoms with E-state index < -0.39 is 8.07 Å². The van der Waals surface area contributed by atoms with Gasteiger partial charge in [-0.05, 0) is 10.5 Å². The SMILES string of the molecule is C.C.CC(C)(C)C(C)(C)[Si](C)(C)C. The molecule has 0 fully saturated rings. The van der Waals surface area contributed by atoms with E-state index in [1.54, 1.807) is 0 Å². The van der Waals surface area contributed by atoms with E-state index in [9.17, 15) is 0 Å². The molecular weight excluding hydrogens is 172 g/mol. The smallest absolute Gasteiger partial charge is 0.0505 e. The number of rotatable bonds is 1. The van der Waals surface area contributed by atoms with Crippen LogP contribution in [0.25, 0.3) is 0 Å². The molecule has 0 aromatic carbocycles. The van der Waals surface area contributed by atoms with Gasteiger partial charge in [-0.25, -0.2) is 0 Å². The minimum absolute atomic E-state index is 0. The Balaban J connectivity index is -0.000000500. The van der Waals surface area contributed by atoms with Crippen LogP contribution >= 0.6 is 0 Å². The highest BCUT2D eigenvalue weighted by atomic mass is 28.3. The fourth-order valence-corrected chi connectivity index (χ4v) is 3.38. The van der Waals surface area contributed by atoms with E-state index in [0.717, 1.165) is 0 Å². The Morgan fingerprint density at radius 2 is 0.923 bits per heavy atom. The third kappa shape index (κ3) is 3.84. The zero-order valence-corrected chi connectivity index (χ0v) is 10.5. The predicted octanol–water partition coefficient (Wildman–Crippen LogP) is 5.42. The van der Waals surface area contributed by atoms with Crippen LogP contribution < -0.4 is 0 Å². The zero-order valence-electron chi connectivity index (χ0n) is 9.50. The van der Waals surface area contributed by atoms with Gasteiger partial charge in [-0.15, -0.1) is 0 Å². The second-order valence-electron chi connectivity index (χ2n) is 6.12. The van der Waals surface area contributed by atoms with Gasteiger partial charge in [-0.1, -0.05) is 69.1 Å². The summed E-state index contributed by atoms with van der Waals surface area (Å²) in [6.07, 6.45) is 0. The molecule has 0 heterocycles. The van der Waals surface area contributed by atoms with Gasteiger partial charge in [-0.3, -0.25) is 0 Å².